The number of hydrogen-bond acceptors (Lipinski definition) is 5. The van der Waals surface area contributed by atoms with Crippen molar-refractivity contribution in [1.82, 2.24) is 5.73 Å². The second kappa shape index (κ2) is 4.82. The van der Waals surface area contributed by atoms with Gasteiger partial charge in [-0.25, -0.2) is 0 Å². The molecule has 0 aromatic heterocycles. The Hall–Kier alpha value is -1.20. The van der Waals surface area contributed by atoms with Crippen LogP contribution in [0.25, 0.3) is 0 Å². The predicted molar refractivity (Wildman–Crippen MR) is 59.4 cm³/mol. The number of benzene rings is 1. The van der Waals surface area contributed by atoms with Crippen LogP contribution in [0.3, 0.4) is 0 Å². The van der Waals surface area contributed by atoms with Gasteiger partial charge in [-0.15, -0.1) is 0 Å². The Morgan fingerprint density at radius 3 is 2.06 bits per heavy atom. The van der Waals surface area contributed by atoms with Crippen molar-refractivity contribution in [2.45, 2.75) is 16.3 Å². The minimum Gasteiger partial charge on any atom is -0.495 e. The lowest BCUT2D eigenvalue weighted by molar-refractivity contribution is 0.391. The van der Waals surface area contributed by atoms with Crippen LogP contribution in [-0.4, -0.2) is 33.1 Å². The highest BCUT2D eigenvalue weighted by Crippen LogP contribution is 2.31. The van der Waals surface area contributed by atoms with E-state index in [1.54, 1.807) is 0 Å². The molecule has 8 nitrogen and oxygen atoms in total. The average molecular weight is 296 g/mol. The number of hydrogen-bond donors (Lipinski definition) is 2. The first-order valence-electron chi connectivity index (χ1n) is 4.41. The van der Waals surface area contributed by atoms with Crippen LogP contribution in [0, 0.1) is 0 Å². The first-order valence-corrected chi connectivity index (χ1v) is 7.29. The molecule has 0 spiro atoms. The van der Waals surface area contributed by atoms with Crippen LogP contribution in [0.5, 0.6) is 5.75 Å². The van der Waals surface area contributed by atoms with E-state index in [2.05, 4.69) is 0 Å². The van der Waals surface area contributed by atoms with Gasteiger partial charge in [0, 0.05) is 12.1 Å². The zero-order valence-electron chi connectivity index (χ0n) is 9.11. The van der Waals surface area contributed by atoms with Crippen LogP contribution in [0.4, 0.5) is 0 Å². The second-order valence-electron chi connectivity index (χ2n) is 3.24. The molecule has 0 amide bonds. The van der Waals surface area contributed by atoms with Gasteiger partial charge in [-0.05, 0) is 12.1 Å². The Bertz CT molecular complexity index is 663. The Balaban J connectivity index is 3.79. The molecule has 1 radical (unpaired) electrons. The highest BCUT2D eigenvalue weighted by Gasteiger charge is 2.24. The quantitative estimate of drug-likeness (QED) is 0.743. The summed E-state index contributed by atoms with van der Waals surface area (Å²) in [6.45, 7) is -0.491. The van der Waals surface area contributed by atoms with Gasteiger partial charge in [0.15, 0.2) is 0 Å². The molecule has 3 N–H and O–H groups in total. The van der Waals surface area contributed by atoms with Crippen LogP contribution < -0.4 is 10.5 Å². The second-order valence-corrected chi connectivity index (χ2v) is 6.05. The zero-order valence-corrected chi connectivity index (χ0v) is 10.7. The van der Waals surface area contributed by atoms with Crippen LogP contribution >= 0.6 is 0 Å². The van der Waals surface area contributed by atoms with Gasteiger partial charge in [-0.1, -0.05) is 0 Å². The Kier molecular flexibility index (Phi) is 3.98. The minimum absolute atomic E-state index is 0.0970. The number of ether oxygens (including phenoxy) is 1. The zero-order chi connectivity index (χ0) is 14.1. The van der Waals surface area contributed by atoms with E-state index in [1.807, 2.05) is 0 Å². The third kappa shape index (κ3) is 2.97. The normalized spacial score (nSPS) is 12.4. The Morgan fingerprint density at radius 1 is 1.17 bits per heavy atom. The van der Waals surface area contributed by atoms with Crippen LogP contribution in [-0.2, 0) is 26.8 Å². The van der Waals surface area contributed by atoms with E-state index in [0.717, 1.165) is 13.2 Å². The van der Waals surface area contributed by atoms with Gasteiger partial charge in [0.1, 0.15) is 10.6 Å². The van der Waals surface area contributed by atoms with Crippen molar-refractivity contribution in [3.63, 3.8) is 0 Å². The van der Waals surface area contributed by atoms with E-state index in [9.17, 15) is 16.8 Å². The van der Waals surface area contributed by atoms with Crippen LogP contribution in [0.15, 0.2) is 21.9 Å². The molecule has 0 unspecified atom stereocenters. The van der Waals surface area contributed by atoms with E-state index >= 15 is 0 Å². The van der Waals surface area contributed by atoms with E-state index in [0.29, 0.717) is 6.07 Å². The van der Waals surface area contributed by atoms with Crippen molar-refractivity contribution < 1.29 is 30.7 Å². The molecule has 0 aliphatic rings. The van der Waals surface area contributed by atoms with Gasteiger partial charge in [0.2, 0.25) is 0 Å². The Labute approximate surface area is 104 Å². The predicted octanol–water partition coefficient (Wildman–Crippen LogP) is -0.0285. The lowest BCUT2D eigenvalue weighted by Crippen LogP contribution is -2.08. The SMILES string of the molecule is COc1c(C[NH])cc(S(=O)(=O)O)cc1S(=O)(=O)O. The molecule has 0 atom stereocenters. The molecular formula is C8H10NO7S2. The van der Waals surface area contributed by atoms with Crippen molar-refractivity contribution in [2.24, 2.45) is 0 Å². The topological polar surface area (TPSA) is 142 Å². The fourth-order valence-electron chi connectivity index (χ4n) is 1.34. The highest BCUT2D eigenvalue weighted by molar-refractivity contribution is 7.86. The lowest BCUT2D eigenvalue weighted by Gasteiger charge is -2.12. The molecule has 0 heterocycles. The maximum absolute atomic E-state index is 11.1. The van der Waals surface area contributed by atoms with E-state index in [4.69, 9.17) is 19.6 Å². The molecule has 0 aliphatic heterocycles. The van der Waals surface area contributed by atoms with E-state index in [-0.39, 0.29) is 11.3 Å². The maximum Gasteiger partial charge on any atom is 0.298 e. The molecule has 101 valence electrons. The molecule has 18 heavy (non-hydrogen) atoms. The summed E-state index contributed by atoms with van der Waals surface area (Å²) in [6.07, 6.45) is 0. The van der Waals surface area contributed by atoms with Crippen molar-refractivity contribution in [3.05, 3.63) is 17.7 Å². The van der Waals surface area contributed by atoms with Crippen LogP contribution in [0.2, 0.25) is 0 Å². The summed E-state index contributed by atoms with van der Waals surface area (Å²) in [5.74, 6) is -0.333. The number of nitrogens with one attached hydrogen (secondary N) is 1. The molecule has 1 rings (SSSR count). The molecule has 0 saturated heterocycles. The fourth-order valence-corrected chi connectivity index (χ4v) is 2.69. The summed E-state index contributed by atoms with van der Waals surface area (Å²) < 4.78 is 66.7. The standard InChI is InChI=1S/C8H10NO7S2/c1-16-8-5(4-9)2-6(17(10,11)12)3-7(8)18(13,14)15/h2-3,9H,4H2,1H3,(H,10,11,12)(H,13,14,15). The fraction of sp³-hybridized carbons (Fsp3) is 0.250. The summed E-state index contributed by atoms with van der Waals surface area (Å²) in [6, 6.07) is 1.46. The van der Waals surface area contributed by atoms with Crippen molar-refractivity contribution in [3.8, 4) is 5.75 Å². The lowest BCUT2D eigenvalue weighted by atomic mass is 10.2. The molecule has 1 aromatic carbocycles. The van der Waals surface area contributed by atoms with Gasteiger partial charge < -0.3 is 4.74 Å². The van der Waals surface area contributed by atoms with Gasteiger partial charge in [-0.2, -0.15) is 16.8 Å². The smallest absolute Gasteiger partial charge is 0.298 e. The van der Waals surface area contributed by atoms with Gasteiger partial charge in [0.25, 0.3) is 20.2 Å². The molecule has 0 aliphatic carbocycles. The van der Waals surface area contributed by atoms with Gasteiger partial charge in [0.05, 0.1) is 12.0 Å². The average Bonchev–Trinajstić information content (AvgIpc) is 2.24. The van der Waals surface area contributed by atoms with Gasteiger partial charge in [-0.3, -0.25) is 14.8 Å². The largest absolute Gasteiger partial charge is 0.495 e. The first-order chi connectivity index (χ1) is 8.11. The number of methoxy groups -OCH3 is 1. The third-order valence-electron chi connectivity index (χ3n) is 2.08. The third-order valence-corrected chi connectivity index (χ3v) is 3.77. The summed E-state index contributed by atoms with van der Waals surface area (Å²) in [5.41, 5.74) is 7.06. The number of rotatable bonds is 4. The summed E-state index contributed by atoms with van der Waals surface area (Å²) >= 11 is 0. The van der Waals surface area contributed by atoms with Crippen molar-refractivity contribution >= 4 is 20.2 Å². The van der Waals surface area contributed by atoms with Crippen LogP contribution in [0.1, 0.15) is 5.56 Å². The maximum atomic E-state index is 11.1. The summed E-state index contributed by atoms with van der Waals surface area (Å²) in [4.78, 5) is -1.56. The highest BCUT2D eigenvalue weighted by atomic mass is 32.2. The molecule has 0 fully saturated rings. The monoisotopic (exact) mass is 296 g/mol. The van der Waals surface area contributed by atoms with Crippen molar-refractivity contribution in [2.75, 3.05) is 7.11 Å². The van der Waals surface area contributed by atoms with E-state index < -0.39 is 36.6 Å². The van der Waals surface area contributed by atoms with E-state index in [1.165, 1.54) is 0 Å². The van der Waals surface area contributed by atoms with Gasteiger partial charge >= 0.3 is 0 Å². The molecule has 10 heteroatoms. The molecule has 1 aromatic rings. The minimum atomic E-state index is -4.74. The molecular weight excluding hydrogens is 286 g/mol. The first kappa shape index (κ1) is 14.9. The molecule has 0 saturated carbocycles. The van der Waals surface area contributed by atoms with Crippen molar-refractivity contribution in [1.29, 1.82) is 0 Å². The molecule has 0 bridgehead atoms. The summed E-state index contributed by atoms with van der Waals surface area (Å²) in [7, 11) is -8.30. The Morgan fingerprint density at radius 2 is 1.72 bits per heavy atom. The summed E-state index contributed by atoms with van der Waals surface area (Å²) in [5, 5.41) is 0.